The van der Waals surface area contributed by atoms with Gasteiger partial charge in [0.15, 0.2) is 18.6 Å². The third kappa shape index (κ3) is 17.2. The Morgan fingerprint density at radius 1 is 0.557 bits per heavy atom. The molecule has 16 unspecified atom stereocenters. The number of aliphatic hydroxyl groups is 3. The molecular weight excluding hydrogens is 1360 g/mol. The number of hydrogen-bond acceptors (Lipinski definition) is 22. The fourth-order valence-corrected chi connectivity index (χ4v) is 21.2. The summed E-state index contributed by atoms with van der Waals surface area (Å²) in [7, 11) is 0. The second kappa shape index (κ2) is 31.0. The van der Waals surface area contributed by atoms with E-state index in [0.29, 0.717) is 62.7 Å². The monoisotopic (exact) mass is 1490 g/mol. The summed E-state index contributed by atoms with van der Waals surface area (Å²) in [6, 6.07) is 2.10. The molecule has 22 heteroatoms. The van der Waals surface area contributed by atoms with Gasteiger partial charge in [-0.3, -0.25) is 33.6 Å². The van der Waals surface area contributed by atoms with Gasteiger partial charge in [0.05, 0.1) is 56.9 Å². The zero-order valence-corrected chi connectivity index (χ0v) is 67.6. The maximum Gasteiger partial charge on any atom is 0.344 e. The van der Waals surface area contributed by atoms with Crippen molar-refractivity contribution in [1.29, 1.82) is 5.26 Å². The Morgan fingerprint density at radius 3 is 1.53 bits per heavy atom. The normalized spacial score (nSPS) is 36.4. The Bertz CT molecular complexity index is 3280. The van der Waals surface area contributed by atoms with Gasteiger partial charge in [0.2, 0.25) is 0 Å². The smallest absolute Gasteiger partial charge is 0.344 e. The van der Waals surface area contributed by atoms with E-state index < -0.39 is 98.3 Å². The molecule has 0 spiro atoms. The fourth-order valence-electron chi connectivity index (χ4n) is 21.2. The zero-order chi connectivity index (χ0) is 78.7. The second-order valence-corrected chi connectivity index (χ2v) is 39.0. The second-order valence-electron chi connectivity index (χ2n) is 39.0. The Morgan fingerprint density at radius 2 is 1.05 bits per heavy atom. The standard InChI is InChI=1S/C21H36O3.C17H21NO6.C16H22O6.C16H26O4.C14H26O2/c1-7-14(2)17(22)24-19(5,6)21-11-15-8-16(12-21)10-20(9-15,13-21)18(3,4)23;1-4-16(2,3)14(20)22-7-11(19)23-12-9-5-10-13(12)24-15(21)17(10,6-9)8-18;1-4-16(2,3)15(19)20-7-11(17)21-12-8-5-9-10(6-8)14(18)22-13(9)12;1-4-13(2,3)12(17)20-16-7-11-5-14(18,9-16)8-15(19,6-11)10-16;1-5-11(2)13(15)16-14(3,4)12-9-7-6-8-10-12/h14-16,23H,7-13H2,1-6H3;9-10,12-13H,4-7H2,1-3H3;8-10,12-13H,4-7H2,1-3H3;11,18-19H,4-10H2,1-3H3;11-12H,5-10H2,1-4H3. The molecule has 0 aromatic rings. The fraction of sp³-hybridized carbons (Fsp3) is 0.881. The molecule has 2 heterocycles. The van der Waals surface area contributed by atoms with Gasteiger partial charge in [-0.2, -0.15) is 5.26 Å². The first-order valence-electron chi connectivity index (χ1n) is 40.5. The van der Waals surface area contributed by atoms with Crippen molar-refractivity contribution in [2.45, 2.75) is 357 Å². The topological polar surface area (TPSA) is 321 Å². The Hall–Kier alpha value is -5.40. The third-order valence-corrected chi connectivity index (χ3v) is 28.9. The number of rotatable bonds is 22. The molecule has 2 saturated heterocycles. The molecule has 15 fully saturated rings. The largest absolute Gasteiger partial charge is 0.459 e. The summed E-state index contributed by atoms with van der Waals surface area (Å²) >= 11 is 0. The lowest BCUT2D eigenvalue weighted by molar-refractivity contribution is -0.264. The van der Waals surface area contributed by atoms with Crippen LogP contribution in [0.5, 0.6) is 0 Å². The predicted octanol–water partition coefficient (Wildman–Crippen LogP) is 13.6. The highest BCUT2D eigenvalue weighted by molar-refractivity contribution is 5.85. The molecule has 13 aliphatic carbocycles. The molecule has 22 nitrogen and oxygen atoms in total. The van der Waals surface area contributed by atoms with Crippen LogP contribution in [0.2, 0.25) is 0 Å². The van der Waals surface area contributed by atoms with E-state index in [1.165, 1.54) is 38.5 Å². The summed E-state index contributed by atoms with van der Waals surface area (Å²) in [5.41, 5.74) is -6.53. The molecule has 598 valence electrons. The van der Waals surface area contributed by atoms with Crippen LogP contribution in [0.25, 0.3) is 0 Å². The first kappa shape index (κ1) is 84.6. The molecule has 2 aliphatic heterocycles. The Balaban J connectivity index is 0.000000154. The van der Waals surface area contributed by atoms with Crippen molar-refractivity contribution in [3.63, 3.8) is 0 Å². The van der Waals surface area contributed by atoms with E-state index in [-0.39, 0.29) is 106 Å². The lowest BCUT2D eigenvalue weighted by Gasteiger charge is -2.68. The van der Waals surface area contributed by atoms with Crippen LogP contribution in [-0.2, 0) is 85.8 Å². The molecule has 0 radical (unpaired) electrons. The van der Waals surface area contributed by atoms with E-state index in [9.17, 15) is 63.7 Å². The lowest BCUT2D eigenvalue weighted by Crippen LogP contribution is -2.67. The highest BCUT2D eigenvalue weighted by Gasteiger charge is 2.73. The molecule has 3 N–H and O–H groups in total. The van der Waals surface area contributed by atoms with Gasteiger partial charge in [-0.1, -0.05) is 67.7 Å². The van der Waals surface area contributed by atoms with Crippen molar-refractivity contribution in [2.75, 3.05) is 13.2 Å². The summed E-state index contributed by atoms with van der Waals surface area (Å²) in [4.78, 5) is 108. The van der Waals surface area contributed by atoms with Crippen LogP contribution in [0.1, 0.15) is 298 Å². The van der Waals surface area contributed by atoms with Crippen molar-refractivity contribution in [1.82, 2.24) is 0 Å². The summed E-state index contributed by atoms with van der Waals surface area (Å²) in [5, 5.41) is 41.6. The maximum atomic E-state index is 12.5. The molecule has 0 aromatic carbocycles. The molecule has 0 amide bonds. The van der Waals surface area contributed by atoms with E-state index in [1.807, 2.05) is 76.2 Å². The van der Waals surface area contributed by atoms with Crippen molar-refractivity contribution in [3.8, 4) is 6.07 Å². The van der Waals surface area contributed by atoms with E-state index in [0.717, 1.165) is 83.5 Å². The van der Waals surface area contributed by atoms with E-state index in [1.54, 1.807) is 27.7 Å². The van der Waals surface area contributed by atoms with Crippen LogP contribution >= 0.6 is 0 Å². The third-order valence-electron chi connectivity index (χ3n) is 28.9. The molecule has 0 aromatic heterocycles. The van der Waals surface area contributed by atoms with Crippen LogP contribution in [0.3, 0.4) is 0 Å². The van der Waals surface area contributed by atoms with Crippen LogP contribution in [0, 0.1) is 109 Å². The summed E-state index contributed by atoms with van der Waals surface area (Å²) in [5.74, 6) is -0.753. The Labute approximate surface area is 630 Å². The van der Waals surface area contributed by atoms with Gasteiger partial charge in [0.25, 0.3) is 0 Å². The van der Waals surface area contributed by atoms with Crippen molar-refractivity contribution >= 4 is 53.7 Å². The SMILES string of the molecule is CCC(C)(C)C(=O)OC12CC3CC(O)(CC(O)(C3)C1)C2.CCC(C)(C)C(=O)OCC(=O)OC1C2CC3C(=O)OC1C3C2.CCC(C)(C)C(=O)OCC(=O)OC1C2CC3C1OC(=O)C3(C#N)C2.CCC(C)C(=O)OC(C)(C)C12CC3CC(CC(C(C)(C)O)(C3)C1)C2.CCC(C)C(=O)OC(C)(C)C1CCCCC1. The molecule has 106 heavy (non-hydrogen) atoms. The van der Waals surface area contributed by atoms with Gasteiger partial charge >= 0.3 is 53.7 Å². The van der Waals surface area contributed by atoms with Crippen LogP contribution in [-0.4, -0.2) is 140 Å². The average molecular weight is 1490 g/mol. The van der Waals surface area contributed by atoms with E-state index >= 15 is 0 Å². The average Bonchev–Trinajstić information content (AvgIpc) is 0.909. The molecule has 12 bridgehead atoms. The van der Waals surface area contributed by atoms with Gasteiger partial charge in [0, 0.05) is 48.3 Å². The van der Waals surface area contributed by atoms with Crippen molar-refractivity contribution < 1.29 is 101 Å². The highest BCUT2D eigenvalue weighted by Crippen LogP contribution is 2.71. The first-order chi connectivity index (χ1) is 49.1. The van der Waals surface area contributed by atoms with Gasteiger partial charge in [-0.25, -0.2) is 9.59 Å². The van der Waals surface area contributed by atoms with Crippen molar-refractivity contribution in [2.24, 2.45) is 97.6 Å². The van der Waals surface area contributed by atoms with Gasteiger partial charge in [-0.15, -0.1) is 0 Å². The molecule has 15 aliphatic rings. The Kier molecular flexibility index (Phi) is 24.8. The van der Waals surface area contributed by atoms with E-state index in [4.69, 9.17) is 42.6 Å². The van der Waals surface area contributed by atoms with Gasteiger partial charge in [0.1, 0.15) is 41.2 Å². The predicted molar refractivity (Wildman–Crippen MR) is 389 cm³/mol. The highest BCUT2D eigenvalue weighted by atomic mass is 16.6. The molecule has 16 atom stereocenters. The summed E-state index contributed by atoms with van der Waals surface area (Å²) in [6.07, 6.45) is 21.4. The van der Waals surface area contributed by atoms with E-state index in [2.05, 4.69) is 33.8 Å². The number of esters is 9. The number of carbonyl (C=O) groups is 9. The minimum absolute atomic E-state index is 0.00284. The minimum atomic E-state index is -1.06. The van der Waals surface area contributed by atoms with Gasteiger partial charge < -0.3 is 58.0 Å². The molecule has 13 saturated carbocycles. The number of nitrogens with zero attached hydrogens (tertiary/aromatic N) is 1. The summed E-state index contributed by atoms with van der Waals surface area (Å²) < 4.78 is 49.2. The number of hydrogen-bond donors (Lipinski definition) is 3. The molecular formula is C84H131NO21. The number of ether oxygens (including phenoxy) is 9. The van der Waals surface area contributed by atoms with Crippen molar-refractivity contribution in [3.05, 3.63) is 0 Å². The number of carbonyl (C=O) groups excluding carboxylic acids is 9. The number of fused-ring (bicyclic) bond motifs is 2. The zero-order valence-electron chi connectivity index (χ0n) is 67.6. The molecule has 15 rings (SSSR count). The number of nitriles is 1. The van der Waals surface area contributed by atoms with Gasteiger partial charge in [-0.05, 0) is 241 Å². The first-order valence-corrected chi connectivity index (χ1v) is 40.5. The minimum Gasteiger partial charge on any atom is -0.459 e. The van der Waals surface area contributed by atoms with Crippen LogP contribution in [0.4, 0.5) is 0 Å². The lowest BCUT2D eigenvalue weighted by atomic mass is 9.38. The summed E-state index contributed by atoms with van der Waals surface area (Å²) in [6.45, 7) is 36.0. The quantitative estimate of drug-likeness (QED) is 0.0669. The van der Waals surface area contributed by atoms with Crippen LogP contribution < -0.4 is 0 Å². The van der Waals surface area contributed by atoms with Crippen LogP contribution in [0.15, 0.2) is 0 Å². The maximum absolute atomic E-state index is 12.5.